The molecule has 0 heterocycles. The average Bonchev–Trinajstić information content (AvgIpc) is 2.11. The molecule has 0 atom stereocenters. The Morgan fingerprint density at radius 3 is 2.33 bits per heavy atom. The van der Waals surface area contributed by atoms with Gasteiger partial charge in [0, 0.05) is 13.1 Å². The normalized spacial score (nSPS) is 12.3. The number of unbranched alkanes of at least 4 members (excludes halogenated alkanes) is 1. The Kier molecular flexibility index (Phi) is 7.95. The van der Waals surface area contributed by atoms with Crippen molar-refractivity contribution in [2.45, 2.75) is 26.2 Å². The van der Waals surface area contributed by atoms with Gasteiger partial charge in [-0.05, 0) is 32.4 Å². The summed E-state index contributed by atoms with van der Waals surface area (Å²) in [6, 6.07) is 0. The molecule has 92 valence electrons. The fraction of sp³-hybridized carbons (Fsp3) is 1.00. The quantitative estimate of drug-likeness (QED) is 0.446. The van der Waals surface area contributed by atoms with E-state index in [9.17, 15) is 8.42 Å². The Labute approximate surface area is 92.4 Å². The maximum absolute atomic E-state index is 10.4. The van der Waals surface area contributed by atoms with Crippen LogP contribution in [0.4, 0.5) is 0 Å². The number of nitrogens with zero attached hydrogens (tertiary/aromatic N) is 1. The highest BCUT2D eigenvalue weighted by molar-refractivity contribution is 7.85. The van der Waals surface area contributed by atoms with Gasteiger partial charge in [0.25, 0.3) is 10.1 Å². The molecule has 0 aromatic carbocycles. The lowest BCUT2D eigenvalue weighted by Gasteiger charge is -2.20. The van der Waals surface area contributed by atoms with Gasteiger partial charge in [0.2, 0.25) is 0 Å². The third-order valence-corrected chi connectivity index (χ3v) is 2.92. The van der Waals surface area contributed by atoms with Crippen LogP contribution in [0.5, 0.6) is 0 Å². The molecule has 0 saturated heterocycles. The van der Waals surface area contributed by atoms with Crippen molar-refractivity contribution in [3.05, 3.63) is 0 Å². The molecule has 0 aromatic rings. The summed E-state index contributed by atoms with van der Waals surface area (Å²) in [5.41, 5.74) is 5.46. The molecule has 0 aliphatic carbocycles. The first-order valence-electron chi connectivity index (χ1n) is 5.37. The minimum Gasteiger partial charge on any atom is -0.329 e. The van der Waals surface area contributed by atoms with E-state index in [0.29, 0.717) is 13.0 Å². The van der Waals surface area contributed by atoms with Gasteiger partial charge >= 0.3 is 0 Å². The zero-order valence-corrected chi connectivity index (χ0v) is 10.2. The average molecular weight is 238 g/mol. The van der Waals surface area contributed by atoms with Gasteiger partial charge in [0.15, 0.2) is 0 Å². The van der Waals surface area contributed by atoms with Gasteiger partial charge in [0.1, 0.15) is 0 Å². The lowest BCUT2D eigenvalue weighted by molar-refractivity contribution is 0.277. The van der Waals surface area contributed by atoms with Crippen LogP contribution >= 0.6 is 0 Å². The second-order valence-corrected chi connectivity index (χ2v) is 5.20. The maximum Gasteiger partial charge on any atom is 0.264 e. The smallest absolute Gasteiger partial charge is 0.264 e. The van der Waals surface area contributed by atoms with Gasteiger partial charge in [-0.3, -0.25) is 4.55 Å². The number of rotatable bonds is 9. The minimum absolute atomic E-state index is 0.143. The molecule has 15 heavy (non-hydrogen) atoms. The summed E-state index contributed by atoms with van der Waals surface area (Å²) >= 11 is 0. The van der Waals surface area contributed by atoms with Crippen LogP contribution in [-0.4, -0.2) is 49.8 Å². The predicted octanol–water partition coefficient (Wildman–Crippen LogP) is 0.325. The molecule has 0 rings (SSSR count). The Morgan fingerprint density at radius 1 is 1.20 bits per heavy atom. The maximum atomic E-state index is 10.4. The van der Waals surface area contributed by atoms with Crippen molar-refractivity contribution in [1.29, 1.82) is 0 Å². The van der Waals surface area contributed by atoms with E-state index in [-0.39, 0.29) is 5.75 Å². The lowest BCUT2D eigenvalue weighted by atomic mass is 10.3. The highest BCUT2D eigenvalue weighted by atomic mass is 32.2. The molecule has 0 saturated carbocycles. The Hall–Kier alpha value is -0.170. The van der Waals surface area contributed by atoms with Crippen LogP contribution in [0.15, 0.2) is 0 Å². The van der Waals surface area contributed by atoms with E-state index in [1.54, 1.807) is 0 Å². The number of hydrogen-bond acceptors (Lipinski definition) is 4. The summed E-state index contributed by atoms with van der Waals surface area (Å²) in [6.45, 7) is 5.41. The summed E-state index contributed by atoms with van der Waals surface area (Å²) in [6.07, 6.45) is 2.35. The van der Waals surface area contributed by atoms with Crippen molar-refractivity contribution in [3.63, 3.8) is 0 Å². The van der Waals surface area contributed by atoms with Crippen LogP contribution in [0.3, 0.4) is 0 Å². The van der Waals surface area contributed by atoms with Crippen LogP contribution in [-0.2, 0) is 10.1 Å². The second-order valence-electron chi connectivity index (χ2n) is 3.62. The van der Waals surface area contributed by atoms with Gasteiger partial charge < -0.3 is 10.6 Å². The zero-order valence-electron chi connectivity index (χ0n) is 9.35. The van der Waals surface area contributed by atoms with Crippen molar-refractivity contribution in [2.24, 2.45) is 5.73 Å². The molecule has 0 fully saturated rings. The molecular formula is C9H22N2O3S. The molecule has 0 amide bonds. The van der Waals surface area contributed by atoms with E-state index in [4.69, 9.17) is 10.3 Å². The van der Waals surface area contributed by atoms with Crippen molar-refractivity contribution in [1.82, 2.24) is 4.90 Å². The minimum atomic E-state index is -3.79. The van der Waals surface area contributed by atoms with Crippen molar-refractivity contribution < 1.29 is 13.0 Å². The Bertz CT molecular complexity index is 236. The highest BCUT2D eigenvalue weighted by Gasteiger charge is 2.06. The molecule has 6 heteroatoms. The van der Waals surface area contributed by atoms with Gasteiger partial charge in [-0.25, -0.2) is 0 Å². The lowest BCUT2D eigenvalue weighted by Crippen LogP contribution is -2.31. The first-order chi connectivity index (χ1) is 6.99. The molecule has 0 aromatic heterocycles. The monoisotopic (exact) mass is 238 g/mol. The van der Waals surface area contributed by atoms with Crippen LogP contribution in [0.1, 0.15) is 26.2 Å². The van der Waals surface area contributed by atoms with E-state index < -0.39 is 10.1 Å². The highest BCUT2D eigenvalue weighted by Crippen LogP contribution is 1.98. The molecule has 0 radical (unpaired) electrons. The SMILES string of the molecule is CCCN(CCN)CCCCS(=O)(=O)O. The van der Waals surface area contributed by atoms with Gasteiger partial charge in [-0.1, -0.05) is 6.92 Å². The number of nitrogens with two attached hydrogens (primary N) is 1. The van der Waals surface area contributed by atoms with E-state index in [1.807, 2.05) is 0 Å². The molecular weight excluding hydrogens is 216 g/mol. The Balaban J connectivity index is 3.61. The summed E-state index contributed by atoms with van der Waals surface area (Å²) in [7, 11) is -3.79. The van der Waals surface area contributed by atoms with Crippen LogP contribution in [0.2, 0.25) is 0 Å². The molecule has 0 bridgehead atoms. The topological polar surface area (TPSA) is 83.6 Å². The number of hydrogen-bond donors (Lipinski definition) is 2. The van der Waals surface area contributed by atoms with Crippen LogP contribution in [0.25, 0.3) is 0 Å². The van der Waals surface area contributed by atoms with Crippen molar-refractivity contribution in [2.75, 3.05) is 31.9 Å². The van der Waals surface area contributed by atoms with Gasteiger partial charge in [-0.2, -0.15) is 8.42 Å². The van der Waals surface area contributed by atoms with Gasteiger partial charge in [0.05, 0.1) is 5.75 Å². The Morgan fingerprint density at radius 2 is 1.87 bits per heavy atom. The van der Waals surface area contributed by atoms with Gasteiger partial charge in [-0.15, -0.1) is 0 Å². The molecule has 5 nitrogen and oxygen atoms in total. The van der Waals surface area contributed by atoms with Crippen molar-refractivity contribution >= 4 is 10.1 Å². The predicted molar refractivity (Wildman–Crippen MR) is 61.4 cm³/mol. The molecule has 0 aliphatic heterocycles. The van der Waals surface area contributed by atoms with E-state index in [2.05, 4.69) is 11.8 Å². The molecule has 0 aliphatic rings. The standard InChI is InChI=1S/C9H22N2O3S/c1-2-6-11(8-5-10)7-3-4-9-15(12,13)14/h2-10H2,1H3,(H,12,13,14). The summed E-state index contributed by atoms with van der Waals surface area (Å²) < 4.78 is 29.4. The summed E-state index contributed by atoms with van der Waals surface area (Å²) in [5, 5.41) is 0. The molecule has 3 N–H and O–H groups in total. The first kappa shape index (κ1) is 14.8. The van der Waals surface area contributed by atoms with Crippen LogP contribution in [0, 0.1) is 0 Å². The van der Waals surface area contributed by atoms with Crippen molar-refractivity contribution in [3.8, 4) is 0 Å². The summed E-state index contributed by atoms with van der Waals surface area (Å²) in [4.78, 5) is 2.21. The largest absolute Gasteiger partial charge is 0.329 e. The zero-order chi connectivity index (χ0) is 11.7. The van der Waals surface area contributed by atoms with E-state index >= 15 is 0 Å². The second kappa shape index (κ2) is 8.04. The third kappa shape index (κ3) is 10.1. The molecule has 0 unspecified atom stereocenters. The van der Waals surface area contributed by atoms with Crippen LogP contribution < -0.4 is 5.73 Å². The molecule has 0 spiro atoms. The first-order valence-corrected chi connectivity index (χ1v) is 6.98. The van der Waals surface area contributed by atoms with E-state index in [1.165, 1.54) is 0 Å². The summed E-state index contributed by atoms with van der Waals surface area (Å²) in [5.74, 6) is -0.143. The fourth-order valence-corrected chi connectivity index (χ4v) is 2.02. The van der Waals surface area contributed by atoms with E-state index in [0.717, 1.165) is 32.5 Å². The fourth-order valence-electron chi connectivity index (χ4n) is 1.45. The third-order valence-electron chi connectivity index (χ3n) is 2.11.